The topological polar surface area (TPSA) is 122 Å². The Morgan fingerprint density at radius 1 is 0.976 bits per heavy atom. The number of tetrazole rings is 1. The Morgan fingerprint density at radius 2 is 1.74 bits per heavy atom. The summed E-state index contributed by atoms with van der Waals surface area (Å²) < 4.78 is 6.01. The highest BCUT2D eigenvalue weighted by molar-refractivity contribution is 6.32. The van der Waals surface area contributed by atoms with Crippen LogP contribution in [0.5, 0.6) is 5.75 Å². The van der Waals surface area contributed by atoms with E-state index in [2.05, 4.69) is 77.2 Å². The largest absolute Gasteiger partial charge is 0.487 e. The molecule has 1 atom stereocenters. The summed E-state index contributed by atoms with van der Waals surface area (Å²) >= 11 is 6.33. The zero-order valence-electron chi connectivity index (χ0n) is 24.6. The number of rotatable bonds is 12. The molecule has 0 saturated carbocycles. The molecule has 0 fully saturated rings. The van der Waals surface area contributed by atoms with E-state index in [9.17, 15) is 9.59 Å². The van der Waals surface area contributed by atoms with Crippen LogP contribution in [0.15, 0.2) is 54.6 Å². The lowest BCUT2D eigenvalue weighted by molar-refractivity contribution is -0.116. The number of aromatic nitrogens is 4. The van der Waals surface area contributed by atoms with Crippen molar-refractivity contribution in [1.82, 2.24) is 25.9 Å². The normalized spacial score (nSPS) is 11.8. The van der Waals surface area contributed by atoms with Crippen molar-refractivity contribution in [3.8, 4) is 5.75 Å². The molecule has 3 aromatic carbocycles. The number of aryl methyl sites for hydroxylation is 4. The molecule has 0 aliphatic carbocycles. The van der Waals surface area contributed by atoms with Gasteiger partial charge in [0.05, 0.1) is 11.1 Å². The Hall–Kier alpha value is -4.24. The molecule has 0 aliphatic heterocycles. The molecule has 1 aromatic heterocycles. The van der Waals surface area contributed by atoms with Crippen molar-refractivity contribution in [2.45, 2.75) is 66.5 Å². The summed E-state index contributed by atoms with van der Waals surface area (Å²) in [4.78, 5) is 26.5. The molecule has 9 nitrogen and oxygen atoms in total. The summed E-state index contributed by atoms with van der Waals surface area (Å²) in [6, 6.07) is 17.4. The number of carbonyl (C=O) groups is 2. The number of anilines is 1. The lowest BCUT2D eigenvalue weighted by Gasteiger charge is -2.23. The van der Waals surface area contributed by atoms with Crippen molar-refractivity contribution >= 4 is 29.4 Å². The highest BCUT2D eigenvalue weighted by atomic mass is 35.5. The number of amides is 2. The van der Waals surface area contributed by atoms with Crippen LogP contribution in [0.4, 0.5) is 5.95 Å². The number of hydrogen-bond donors (Lipinski definition) is 3. The third-order valence-corrected chi connectivity index (χ3v) is 7.10. The fraction of sp³-hybridized carbons (Fsp3) is 0.344. The van der Waals surface area contributed by atoms with Crippen molar-refractivity contribution in [3.05, 3.63) is 98.6 Å². The molecular weight excluding hydrogens is 552 g/mol. The molecule has 1 heterocycles. The molecule has 0 saturated heterocycles. The second-order valence-electron chi connectivity index (χ2n) is 11.1. The molecule has 1 unspecified atom stereocenters. The Labute approximate surface area is 251 Å². The van der Waals surface area contributed by atoms with Crippen LogP contribution >= 0.6 is 11.6 Å². The molecule has 0 bridgehead atoms. The average Bonchev–Trinajstić information content (AvgIpc) is 3.44. The van der Waals surface area contributed by atoms with Gasteiger partial charge < -0.3 is 10.1 Å². The van der Waals surface area contributed by atoms with E-state index in [1.807, 2.05) is 37.3 Å². The fourth-order valence-corrected chi connectivity index (χ4v) is 5.05. The van der Waals surface area contributed by atoms with E-state index in [1.54, 1.807) is 6.07 Å². The zero-order valence-corrected chi connectivity index (χ0v) is 25.4. The van der Waals surface area contributed by atoms with Crippen LogP contribution in [0.25, 0.3) is 0 Å². The number of benzene rings is 3. The molecule has 4 aromatic rings. The first kappa shape index (κ1) is 30.7. The minimum absolute atomic E-state index is 0.141. The van der Waals surface area contributed by atoms with Crippen LogP contribution in [-0.4, -0.2) is 32.4 Å². The Balaban J connectivity index is 1.59. The standard InChI is InChI=1S/C32H37ClN6O3/c1-19(2)12-28(25-14-21(4)13-22(5)15-25)34-31(41)26-17-23(18-42-29-16-20(3)6-10-27(29)33)7-8-24(26)9-11-30(40)35-32-36-38-39-37-32/h6-8,10,13-17,19,28H,9,11-12,18H2,1-5H3,(H,34,41)(H2,35,36,37,38,39,40). The summed E-state index contributed by atoms with van der Waals surface area (Å²) in [6.45, 7) is 10.6. The predicted molar refractivity (Wildman–Crippen MR) is 164 cm³/mol. The molecule has 0 spiro atoms. The first-order valence-electron chi connectivity index (χ1n) is 14.0. The average molecular weight is 589 g/mol. The summed E-state index contributed by atoms with van der Waals surface area (Å²) in [5.41, 5.74) is 6.46. The summed E-state index contributed by atoms with van der Waals surface area (Å²) in [6.07, 6.45) is 1.27. The molecule has 10 heteroatoms. The van der Waals surface area contributed by atoms with E-state index in [0.29, 0.717) is 28.7 Å². The molecule has 3 N–H and O–H groups in total. The second kappa shape index (κ2) is 14.1. The first-order chi connectivity index (χ1) is 20.1. The minimum atomic E-state index is -0.269. The van der Waals surface area contributed by atoms with Gasteiger partial charge in [-0.05, 0) is 90.4 Å². The van der Waals surface area contributed by atoms with Gasteiger partial charge in [-0.1, -0.05) is 78.1 Å². The van der Waals surface area contributed by atoms with Crippen molar-refractivity contribution in [1.29, 1.82) is 0 Å². The van der Waals surface area contributed by atoms with Crippen LogP contribution in [0.3, 0.4) is 0 Å². The Morgan fingerprint density at radius 3 is 2.43 bits per heavy atom. The maximum absolute atomic E-state index is 13.9. The van der Waals surface area contributed by atoms with Crippen molar-refractivity contribution < 1.29 is 14.3 Å². The van der Waals surface area contributed by atoms with E-state index in [1.165, 1.54) is 0 Å². The minimum Gasteiger partial charge on any atom is -0.487 e. The van der Waals surface area contributed by atoms with Gasteiger partial charge in [-0.2, -0.15) is 0 Å². The van der Waals surface area contributed by atoms with Crippen LogP contribution in [-0.2, 0) is 17.8 Å². The number of H-pyrrole nitrogens is 1. The highest BCUT2D eigenvalue weighted by Crippen LogP contribution is 2.28. The van der Waals surface area contributed by atoms with Gasteiger partial charge in [0.15, 0.2) is 0 Å². The van der Waals surface area contributed by atoms with Gasteiger partial charge in [0, 0.05) is 12.0 Å². The van der Waals surface area contributed by atoms with Crippen LogP contribution in [0.2, 0.25) is 5.02 Å². The Kier molecular flexibility index (Phi) is 10.3. The van der Waals surface area contributed by atoms with E-state index < -0.39 is 0 Å². The van der Waals surface area contributed by atoms with Crippen LogP contribution in [0.1, 0.15) is 76.5 Å². The van der Waals surface area contributed by atoms with Crippen molar-refractivity contribution in [2.75, 3.05) is 5.32 Å². The zero-order chi connectivity index (χ0) is 30.2. The third-order valence-electron chi connectivity index (χ3n) is 6.78. The number of nitrogens with zero attached hydrogens (tertiary/aromatic N) is 3. The van der Waals surface area contributed by atoms with E-state index in [4.69, 9.17) is 16.3 Å². The predicted octanol–water partition coefficient (Wildman–Crippen LogP) is 6.45. The number of halogens is 1. The van der Waals surface area contributed by atoms with Crippen molar-refractivity contribution in [3.63, 3.8) is 0 Å². The lowest BCUT2D eigenvalue weighted by Crippen LogP contribution is -2.30. The summed E-state index contributed by atoms with van der Waals surface area (Å²) in [5, 5.41) is 19.6. The number of carbonyl (C=O) groups excluding carboxylic acids is 2. The summed E-state index contributed by atoms with van der Waals surface area (Å²) in [7, 11) is 0. The third kappa shape index (κ3) is 8.63. The van der Waals surface area contributed by atoms with Gasteiger partial charge in [-0.25, -0.2) is 5.10 Å². The maximum Gasteiger partial charge on any atom is 0.252 e. The number of hydrogen-bond acceptors (Lipinski definition) is 6. The van der Waals surface area contributed by atoms with Crippen LogP contribution in [0, 0.1) is 26.7 Å². The first-order valence-corrected chi connectivity index (χ1v) is 14.4. The molecule has 4 rings (SSSR count). The van der Waals surface area contributed by atoms with E-state index in [0.717, 1.165) is 39.8 Å². The van der Waals surface area contributed by atoms with Gasteiger partial charge >= 0.3 is 0 Å². The number of aromatic amines is 1. The molecule has 2 amide bonds. The van der Waals surface area contributed by atoms with Gasteiger partial charge in [0.25, 0.3) is 5.91 Å². The SMILES string of the molecule is Cc1cc(C)cc(C(CC(C)C)NC(=O)c2cc(COc3cc(C)ccc3Cl)ccc2CCC(=O)Nc2nnn[nH]2)c1. The van der Waals surface area contributed by atoms with Crippen molar-refractivity contribution in [2.24, 2.45) is 5.92 Å². The smallest absolute Gasteiger partial charge is 0.252 e. The molecule has 0 radical (unpaired) electrons. The van der Waals surface area contributed by atoms with Crippen LogP contribution < -0.4 is 15.4 Å². The van der Waals surface area contributed by atoms with Gasteiger partial charge in [-0.3, -0.25) is 14.9 Å². The summed E-state index contributed by atoms with van der Waals surface area (Å²) in [5.74, 6) is 0.644. The lowest BCUT2D eigenvalue weighted by atomic mass is 9.93. The molecule has 0 aliphatic rings. The fourth-order valence-electron chi connectivity index (χ4n) is 4.88. The second-order valence-corrected chi connectivity index (χ2v) is 11.5. The number of ether oxygens (including phenoxy) is 1. The van der Waals surface area contributed by atoms with E-state index >= 15 is 0 Å². The van der Waals surface area contributed by atoms with Gasteiger partial charge in [-0.15, -0.1) is 0 Å². The maximum atomic E-state index is 13.9. The molecule has 220 valence electrons. The number of nitrogens with one attached hydrogen (secondary N) is 3. The Bertz CT molecular complexity index is 1520. The molecular formula is C32H37ClN6O3. The quantitative estimate of drug-likeness (QED) is 0.175. The van der Waals surface area contributed by atoms with Gasteiger partial charge in [0.2, 0.25) is 11.9 Å². The van der Waals surface area contributed by atoms with Gasteiger partial charge in [0.1, 0.15) is 12.4 Å². The monoisotopic (exact) mass is 588 g/mol. The van der Waals surface area contributed by atoms with E-state index in [-0.39, 0.29) is 36.8 Å². The molecule has 42 heavy (non-hydrogen) atoms. The highest BCUT2D eigenvalue weighted by Gasteiger charge is 2.21.